The fourth-order valence-electron chi connectivity index (χ4n) is 3.41. The van der Waals surface area contributed by atoms with Crippen LogP contribution in [0.2, 0.25) is 0 Å². The summed E-state index contributed by atoms with van der Waals surface area (Å²) >= 11 is 0. The Kier molecular flexibility index (Phi) is 5.13. The molecule has 0 atom stereocenters. The van der Waals surface area contributed by atoms with Crippen molar-refractivity contribution in [3.05, 3.63) is 77.0 Å². The number of pyridine rings is 1. The molecule has 0 saturated carbocycles. The van der Waals surface area contributed by atoms with E-state index < -0.39 is 11.6 Å². The van der Waals surface area contributed by atoms with Crippen molar-refractivity contribution in [3.8, 4) is 11.3 Å². The van der Waals surface area contributed by atoms with Crippen LogP contribution in [-0.2, 0) is 19.5 Å². The number of rotatable bonds is 4. The molecule has 1 aliphatic heterocycles. The number of halogens is 2. The number of fused-ring (bicyclic) bond motifs is 1. The topological polar surface area (TPSA) is 41.9 Å². The first-order chi connectivity index (χ1) is 13.5. The lowest BCUT2D eigenvalue weighted by Gasteiger charge is -2.28. The lowest BCUT2D eigenvalue weighted by molar-refractivity contribution is 0.242. The smallest absolute Gasteiger partial charge is 0.159 e. The molecule has 1 aliphatic rings. The molecule has 0 unspecified atom stereocenters. The van der Waals surface area contributed by atoms with Gasteiger partial charge in [-0.1, -0.05) is 19.9 Å². The number of nitrogens with zero attached hydrogens (tertiary/aromatic N) is 4. The zero-order chi connectivity index (χ0) is 19.7. The third kappa shape index (κ3) is 3.92. The predicted octanol–water partition coefficient (Wildman–Crippen LogP) is 4.50. The first kappa shape index (κ1) is 18.6. The van der Waals surface area contributed by atoms with Gasteiger partial charge in [0.2, 0.25) is 0 Å². The van der Waals surface area contributed by atoms with Gasteiger partial charge in [-0.3, -0.25) is 9.88 Å². The SMILES string of the molecule is CC(C)c1ncc2c(n1)CCN(Cc1ccc(-c3ccc(F)c(F)c3)nc1)C2. The average Bonchev–Trinajstić information content (AvgIpc) is 2.70. The van der Waals surface area contributed by atoms with Crippen molar-refractivity contribution in [2.45, 2.75) is 39.3 Å². The molecular weight excluding hydrogens is 358 g/mol. The van der Waals surface area contributed by atoms with Gasteiger partial charge >= 0.3 is 0 Å². The van der Waals surface area contributed by atoms with Crippen LogP contribution < -0.4 is 0 Å². The summed E-state index contributed by atoms with van der Waals surface area (Å²) in [7, 11) is 0. The number of aromatic nitrogens is 3. The monoisotopic (exact) mass is 380 g/mol. The molecule has 6 heteroatoms. The Morgan fingerprint density at radius 3 is 2.61 bits per heavy atom. The van der Waals surface area contributed by atoms with Crippen molar-refractivity contribution >= 4 is 0 Å². The van der Waals surface area contributed by atoms with Gasteiger partial charge in [-0.15, -0.1) is 0 Å². The highest BCUT2D eigenvalue weighted by Crippen LogP contribution is 2.22. The third-order valence-electron chi connectivity index (χ3n) is 4.99. The van der Waals surface area contributed by atoms with Crippen molar-refractivity contribution in [2.24, 2.45) is 0 Å². The maximum absolute atomic E-state index is 13.4. The molecule has 3 heterocycles. The largest absolute Gasteiger partial charge is 0.294 e. The van der Waals surface area contributed by atoms with Gasteiger partial charge < -0.3 is 0 Å². The molecule has 0 radical (unpaired) electrons. The van der Waals surface area contributed by atoms with Gasteiger partial charge in [0.05, 0.1) is 5.69 Å². The third-order valence-corrected chi connectivity index (χ3v) is 4.99. The predicted molar refractivity (Wildman–Crippen MR) is 104 cm³/mol. The van der Waals surface area contributed by atoms with Crippen LogP contribution in [0.15, 0.2) is 42.7 Å². The molecule has 2 aromatic heterocycles. The van der Waals surface area contributed by atoms with Crippen LogP contribution in [-0.4, -0.2) is 26.4 Å². The van der Waals surface area contributed by atoms with Gasteiger partial charge in [-0.05, 0) is 29.8 Å². The Morgan fingerprint density at radius 2 is 1.89 bits per heavy atom. The van der Waals surface area contributed by atoms with Crippen molar-refractivity contribution in [1.82, 2.24) is 19.9 Å². The molecule has 0 amide bonds. The second-order valence-corrected chi connectivity index (χ2v) is 7.50. The van der Waals surface area contributed by atoms with Crippen LogP contribution in [0, 0.1) is 11.6 Å². The van der Waals surface area contributed by atoms with E-state index in [4.69, 9.17) is 4.98 Å². The van der Waals surface area contributed by atoms with Crippen molar-refractivity contribution in [1.29, 1.82) is 0 Å². The minimum atomic E-state index is -0.863. The standard InChI is InChI=1S/C22H22F2N4/c1-14(2)22-26-11-17-13-28(8-7-21(17)27-22)12-15-3-6-20(25-10-15)16-4-5-18(23)19(24)9-16/h3-6,9-11,14H,7-8,12-13H2,1-2H3. The van der Waals surface area contributed by atoms with E-state index in [1.165, 1.54) is 17.7 Å². The van der Waals surface area contributed by atoms with Gasteiger partial charge in [0.1, 0.15) is 5.82 Å². The van der Waals surface area contributed by atoms with Crippen LogP contribution in [0.25, 0.3) is 11.3 Å². The summed E-state index contributed by atoms with van der Waals surface area (Å²) in [6, 6.07) is 7.66. The van der Waals surface area contributed by atoms with E-state index in [-0.39, 0.29) is 0 Å². The van der Waals surface area contributed by atoms with E-state index in [0.29, 0.717) is 17.2 Å². The molecule has 0 saturated heterocycles. The molecule has 0 fully saturated rings. The van der Waals surface area contributed by atoms with Crippen LogP contribution in [0.1, 0.15) is 42.4 Å². The Hall–Kier alpha value is -2.73. The summed E-state index contributed by atoms with van der Waals surface area (Å²) < 4.78 is 26.5. The molecule has 0 bridgehead atoms. The Morgan fingerprint density at radius 1 is 1.04 bits per heavy atom. The highest BCUT2D eigenvalue weighted by atomic mass is 19.2. The van der Waals surface area contributed by atoms with Crippen molar-refractivity contribution in [2.75, 3.05) is 6.54 Å². The Bertz CT molecular complexity index is 986. The van der Waals surface area contributed by atoms with Crippen molar-refractivity contribution in [3.63, 3.8) is 0 Å². The van der Waals surface area contributed by atoms with Crippen LogP contribution in [0.3, 0.4) is 0 Å². The fraction of sp³-hybridized carbons (Fsp3) is 0.318. The summed E-state index contributed by atoms with van der Waals surface area (Å²) in [6.45, 7) is 6.74. The van der Waals surface area contributed by atoms with Gasteiger partial charge in [-0.2, -0.15) is 0 Å². The minimum Gasteiger partial charge on any atom is -0.294 e. The molecule has 28 heavy (non-hydrogen) atoms. The first-order valence-corrected chi connectivity index (χ1v) is 9.47. The number of hydrogen-bond acceptors (Lipinski definition) is 4. The lowest BCUT2D eigenvalue weighted by Crippen LogP contribution is -2.31. The summed E-state index contributed by atoms with van der Waals surface area (Å²) in [5.74, 6) is -0.472. The summed E-state index contributed by atoms with van der Waals surface area (Å²) in [6.07, 6.45) is 4.66. The second-order valence-electron chi connectivity index (χ2n) is 7.50. The van der Waals surface area contributed by atoms with E-state index in [2.05, 4.69) is 28.7 Å². The van der Waals surface area contributed by atoms with E-state index in [9.17, 15) is 8.78 Å². The van der Waals surface area contributed by atoms with E-state index in [1.54, 1.807) is 6.20 Å². The normalized spacial score (nSPS) is 14.3. The Balaban J connectivity index is 1.44. The fourth-order valence-corrected chi connectivity index (χ4v) is 3.41. The van der Waals surface area contributed by atoms with E-state index in [1.807, 2.05) is 18.3 Å². The number of benzene rings is 1. The molecule has 144 valence electrons. The minimum absolute atomic E-state index is 0.336. The van der Waals surface area contributed by atoms with Gasteiger partial charge in [-0.25, -0.2) is 18.7 Å². The molecule has 0 spiro atoms. The molecule has 0 N–H and O–H groups in total. The quantitative estimate of drug-likeness (QED) is 0.668. The zero-order valence-electron chi connectivity index (χ0n) is 16.0. The molecule has 4 rings (SSSR count). The molecular formula is C22H22F2N4. The molecule has 3 aromatic rings. The van der Waals surface area contributed by atoms with Gasteiger partial charge in [0.25, 0.3) is 0 Å². The highest BCUT2D eigenvalue weighted by molar-refractivity contribution is 5.59. The average molecular weight is 380 g/mol. The number of hydrogen-bond donors (Lipinski definition) is 0. The van der Waals surface area contributed by atoms with Crippen LogP contribution >= 0.6 is 0 Å². The van der Waals surface area contributed by atoms with E-state index >= 15 is 0 Å². The molecule has 4 nitrogen and oxygen atoms in total. The highest BCUT2D eigenvalue weighted by Gasteiger charge is 2.19. The van der Waals surface area contributed by atoms with Crippen molar-refractivity contribution < 1.29 is 8.78 Å². The Labute approximate surface area is 163 Å². The maximum Gasteiger partial charge on any atom is 0.159 e. The molecule has 0 aliphatic carbocycles. The summed E-state index contributed by atoms with van der Waals surface area (Å²) in [5, 5.41) is 0. The lowest BCUT2D eigenvalue weighted by atomic mass is 10.1. The summed E-state index contributed by atoms with van der Waals surface area (Å²) in [4.78, 5) is 16.0. The van der Waals surface area contributed by atoms with Gasteiger partial charge in [0.15, 0.2) is 11.6 Å². The zero-order valence-corrected chi connectivity index (χ0v) is 16.0. The second kappa shape index (κ2) is 7.72. The first-order valence-electron chi connectivity index (χ1n) is 9.47. The maximum atomic E-state index is 13.4. The van der Waals surface area contributed by atoms with Gasteiger partial charge in [0, 0.05) is 61.2 Å². The molecule has 1 aromatic carbocycles. The summed E-state index contributed by atoms with van der Waals surface area (Å²) in [5.41, 5.74) is 4.61. The van der Waals surface area contributed by atoms with Crippen LogP contribution in [0.4, 0.5) is 8.78 Å². The van der Waals surface area contributed by atoms with E-state index in [0.717, 1.165) is 49.2 Å². The van der Waals surface area contributed by atoms with Crippen LogP contribution in [0.5, 0.6) is 0 Å².